The van der Waals surface area contributed by atoms with Gasteiger partial charge in [-0.25, -0.2) is 0 Å². The van der Waals surface area contributed by atoms with Crippen molar-refractivity contribution in [2.75, 3.05) is 5.32 Å². The molecule has 0 aliphatic carbocycles. The van der Waals surface area contributed by atoms with Crippen LogP contribution in [0.1, 0.15) is 6.92 Å². The second-order valence-electron chi connectivity index (χ2n) is 4.02. The van der Waals surface area contributed by atoms with E-state index in [1.807, 2.05) is 12.1 Å². The second kappa shape index (κ2) is 7.71. The van der Waals surface area contributed by atoms with Crippen LogP contribution in [0.2, 0.25) is 0 Å². The fourth-order valence-corrected chi connectivity index (χ4v) is 2.07. The van der Waals surface area contributed by atoms with E-state index in [4.69, 9.17) is 0 Å². The molecule has 20 heavy (non-hydrogen) atoms. The average molecular weight is 297 g/mol. The van der Waals surface area contributed by atoms with E-state index in [0.717, 1.165) is 16.8 Å². The van der Waals surface area contributed by atoms with E-state index in [2.05, 4.69) is 5.32 Å². The van der Waals surface area contributed by atoms with Crippen LogP contribution in [0.15, 0.2) is 53.4 Å². The zero-order valence-corrected chi connectivity index (χ0v) is 14.1. The van der Waals surface area contributed by atoms with E-state index in [-0.39, 0.29) is 40.4 Å². The van der Waals surface area contributed by atoms with Gasteiger partial charge in [-0.2, -0.15) is 0 Å². The van der Waals surface area contributed by atoms with Crippen molar-refractivity contribution in [3.05, 3.63) is 48.5 Å². The SMILES string of the molecule is CC(=O)Nc1ccc(-c2ccc(S(=O)[O-])cc2)cc1.[Na+]. The van der Waals surface area contributed by atoms with E-state index in [1.54, 1.807) is 36.4 Å². The Hall–Kier alpha value is -0.980. The molecule has 2 aromatic rings. The Morgan fingerprint density at radius 2 is 1.45 bits per heavy atom. The molecule has 0 bridgehead atoms. The zero-order chi connectivity index (χ0) is 13.8. The van der Waals surface area contributed by atoms with Crippen LogP contribution in [0.5, 0.6) is 0 Å². The molecule has 98 valence electrons. The third-order valence-electron chi connectivity index (χ3n) is 2.59. The summed E-state index contributed by atoms with van der Waals surface area (Å²) in [4.78, 5) is 11.2. The van der Waals surface area contributed by atoms with Crippen molar-refractivity contribution in [2.45, 2.75) is 11.8 Å². The van der Waals surface area contributed by atoms with Crippen LogP contribution in [-0.2, 0) is 15.9 Å². The van der Waals surface area contributed by atoms with Crippen LogP contribution in [0.25, 0.3) is 11.1 Å². The maximum Gasteiger partial charge on any atom is 1.00 e. The number of carbonyl (C=O) groups excluding carboxylic acids is 1. The van der Waals surface area contributed by atoms with E-state index in [1.165, 1.54) is 6.92 Å². The van der Waals surface area contributed by atoms with Crippen LogP contribution in [0, 0.1) is 0 Å². The third kappa shape index (κ3) is 4.54. The quantitative estimate of drug-likeness (QED) is 0.616. The average Bonchev–Trinajstić information content (AvgIpc) is 2.39. The van der Waals surface area contributed by atoms with Crippen LogP contribution in [-0.4, -0.2) is 14.7 Å². The molecule has 0 aliphatic heterocycles. The number of rotatable bonds is 3. The molecule has 0 heterocycles. The van der Waals surface area contributed by atoms with Gasteiger partial charge in [-0.1, -0.05) is 24.3 Å². The molecule has 0 spiro atoms. The molecule has 0 fully saturated rings. The monoisotopic (exact) mass is 297 g/mol. The molecule has 2 aromatic carbocycles. The third-order valence-corrected chi connectivity index (χ3v) is 3.24. The summed E-state index contributed by atoms with van der Waals surface area (Å²) in [6.07, 6.45) is 0. The molecule has 0 aromatic heterocycles. The first-order chi connectivity index (χ1) is 9.06. The van der Waals surface area contributed by atoms with Gasteiger partial charge in [-0.3, -0.25) is 9.00 Å². The standard InChI is InChI=1S/C14H13NO3S.Na/c1-10(16)15-13-6-2-11(3-7-13)12-4-8-14(9-5-12)19(17)18;/h2-9H,1H3,(H,15,16)(H,17,18);/q;+1/p-1. The van der Waals surface area contributed by atoms with Gasteiger partial charge in [0.1, 0.15) is 0 Å². The summed E-state index contributed by atoms with van der Waals surface area (Å²) in [6.45, 7) is 1.45. The van der Waals surface area contributed by atoms with E-state index in [0.29, 0.717) is 0 Å². The molecule has 1 amide bonds. The van der Waals surface area contributed by atoms with Gasteiger partial charge >= 0.3 is 29.6 Å². The Bertz CT molecular complexity index is 611. The van der Waals surface area contributed by atoms with Gasteiger partial charge in [0.05, 0.1) is 0 Å². The molecule has 2 rings (SSSR count). The Balaban J connectivity index is 0.00000200. The molecule has 0 radical (unpaired) electrons. The normalized spacial score (nSPS) is 11.3. The molecule has 6 heteroatoms. The van der Waals surface area contributed by atoms with E-state index in [9.17, 15) is 13.6 Å². The second-order valence-corrected chi connectivity index (χ2v) is 4.96. The molecule has 4 nitrogen and oxygen atoms in total. The van der Waals surface area contributed by atoms with Crippen molar-refractivity contribution < 1.29 is 43.1 Å². The number of carbonyl (C=O) groups is 1. The predicted octanol–water partition coefficient (Wildman–Crippen LogP) is -0.446. The smallest absolute Gasteiger partial charge is 0.768 e. The Labute approximate surface area is 142 Å². The van der Waals surface area contributed by atoms with Crippen LogP contribution < -0.4 is 34.9 Å². The fraction of sp³-hybridized carbons (Fsp3) is 0.0714. The predicted molar refractivity (Wildman–Crippen MR) is 73.4 cm³/mol. The van der Waals surface area contributed by atoms with Crippen molar-refractivity contribution in [3.8, 4) is 11.1 Å². The minimum Gasteiger partial charge on any atom is -0.768 e. The Morgan fingerprint density at radius 1 is 1.00 bits per heavy atom. The van der Waals surface area contributed by atoms with Gasteiger partial charge in [0.2, 0.25) is 5.91 Å². The zero-order valence-electron chi connectivity index (χ0n) is 11.3. The van der Waals surface area contributed by atoms with E-state index < -0.39 is 11.1 Å². The van der Waals surface area contributed by atoms with Crippen molar-refractivity contribution >= 4 is 22.7 Å². The van der Waals surface area contributed by atoms with Crippen molar-refractivity contribution in [3.63, 3.8) is 0 Å². The molecule has 1 unspecified atom stereocenters. The maximum atomic E-state index is 10.9. The number of nitrogens with one attached hydrogen (secondary N) is 1. The summed E-state index contributed by atoms with van der Waals surface area (Å²) in [7, 11) is 0. The number of amides is 1. The summed E-state index contributed by atoms with van der Waals surface area (Å²) in [5.41, 5.74) is 2.61. The minimum atomic E-state index is -2.20. The fourth-order valence-electron chi connectivity index (χ4n) is 1.71. The molecule has 0 saturated heterocycles. The van der Waals surface area contributed by atoms with E-state index >= 15 is 0 Å². The van der Waals surface area contributed by atoms with Crippen molar-refractivity contribution in [2.24, 2.45) is 0 Å². The van der Waals surface area contributed by atoms with Crippen LogP contribution in [0.3, 0.4) is 0 Å². The Morgan fingerprint density at radius 3 is 1.85 bits per heavy atom. The van der Waals surface area contributed by atoms with Crippen molar-refractivity contribution in [1.82, 2.24) is 0 Å². The summed E-state index contributed by atoms with van der Waals surface area (Å²) >= 11 is -2.20. The van der Waals surface area contributed by atoms with Gasteiger partial charge in [-0.05, 0) is 46.5 Å². The van der Waals surface area contributed by atoms with Gasteiger partial charge < -0.3 is 9.87 Å². The first kappa shape index (κ1) is 17.1. The van der Waals surface area contributed by atoms with Gasteiger partial charge in [0, 0.05) is 17.5 Å². The van der Waals surface area contributed by atoms with Crippen molar-refractivity contribution in [1.29, 1.82) is 0 Å². The minimum absolute atomic E-state index is 0. The number of benzene rings is 2. The maximum absolute atomic E-state index is 10.9. The number of hydrogen-bond acceptors (Lipinski definition) is 3. The molecule has 0 saturated carbocycles. The first-order valence-corrected chi connectivity index (χ1v) is 6.71. The summed E-state index contributed by atoms with van der Waals surface area (Å²) in [6, 6.07) is 14.0. The molecule has 0 aliphatic rings. The molecule has 1 N–H and O–H groups in total. The summed E-state index contributed by atoms with van der Waals surface area (Å²) in [5, 5.41) is 2.69. The van der Waals surface area contributed by atoms with Gasteiger partial charge in [0.15, 0.2) is 0 Å². The van der Waals surface area contributed by atoms with Gasteiger partial charge in [0.25, 0.3) is 0 Å². The topological polar surface area (TPSA) is 69.2 Å². The molecular formula is C14H12NNaO3S. The number of hydrogen-bond donors (Lipinski definition) is 1. The van der Waals surface area contributed by atoms with Crippen LogP contribution in [0.4, 0.5) is 5.69 Å². The van der Waals surface area contributed by atoms with Crippen LogP contribution >= 0.6 is 0 Å². The summed E-state index contributed by atoms with van der Waals surface area (Å²) in [5.74, 6) is -0.116. The molecular weight excluding hydrogens is 285 g/mol. The molecule has 1 atom stereocenters. The summed E-state index contributed by atoms with van der Waals surface area (Å²) < 4.78 is 21.5. The largest absolute Gasteiger partial charge is 1.00 e. The first-order valence-electron chi connectivity index (χ1n) is 5.63. The Kier molecular flexibility index (Phi) is 6.58. The van der Waals surface area contributed by atoms with Gasteiger partial charge in [-0.15, -0.1) is 0 Å². The number of anilines is 1.